The van der Waals surface area contributed by atoms with Gasteiger partial charge in [0.05, 0.1) is 18.4 Å². The van der Waals surface area contributed by atoms with Gasteiger partial charge in [-0.25, -0.2) is 0 Å². The van der Waals surface area contributed by atoms with Gasteiger partial charge in [-0.15, -0.1) is 0 Å². The Hall–Kier alpha value is -1.81. The summed E-state index contributed by atoms with van der Waals surface area (Å²) in [7, 11) is 0. The minimum atomic E-state index is 0.0669. The summed E-state index contributed by atoms with van der Waals surface area (Å²) in [6.45, 7) is 4.04. The van der Waals surface area contributed by atoms with Crippen molar-refractivity contribution in [3.63, 3.8) is 0 Å². The SMILES string of the molecule is O=C(NC1CCN(CCCc2ccccc2)CC1)C1=COCCC1. The van der Waals surface area contributed by atoms with Crippen LogP contribution in [0.15, 0.2) is 42.2 Å². The number of benzene rings is 1. The van der Waals surface area contributed by atoms with Gasteiger partial charge < -0.3 is 15.0 Å². The highest BCUT2D eigenvalue weighted by Crippen LogP contribution is 2.15. The van der Waals surface area contributed by atoms with Crippen LogP contribution < -0.4 is 5.32 Å². The minimum absolute atomic E-state index is 0.0669. The third kappa shape index (κ3) is 5.10. The van der Waals surface area contributed by atoms with Crippen LogP contribution in [0.3, 0.4) is 0 Å². The van der Waals surface area contributed by atoms with Crippen LogP contribution in [-0.2, 0) is 16.0 Å². The molecule has 0 unspecified atom stereocenters. The fraction of sp³-hybridized carbons (Fsp3) is 0.550. The van der Waals surface area contributed by atoms with E-state index in [1.165, 1.54) is 12.0 Å². The highest BCUT2D eigenvalue weighted by atomic mass is 16.5. The molecule has 1 aromatic carbocycles. The van der Waals surface area contributed by atoms with Crippen LogP contribution in [0, 0.1) is 0 Å². The molecule has 0 spiro atoms. The molecule has 4 heteroatoms. The molecule has 2 heterocycles. The molecule has 0 bridgehead atoms. The Kier molecular flexibility index (Phi) is 6.30. The van der Waals surface area contributed by atoms with Crippen molar-refractivity contribution in [2.24, 2.45) is 0 Å². The number of hydrogen-bond donors (Lipinski definition) is 1. The quantitative estimate of drug-likeness (QED) is 0.873. The molecular weight excluding hydrogens is 300 g/mol. The van der Waals surface area contributed by atoms with E-state index < -0.39 is 0 Å². The lowest BCUT2D eigenvalue weighted by molar-refractivity contribution is -0.119. The van der Waals surface area contributed by atoms with E-state index in [0.29, 0.717) is 6.04 Å². The van der Waals surface area contributed by atoms with Crippen molar-refractivity contribution in [3.05, 3.63) is 47.7 Å². The number of ether oxygens (including phenoxy) is 1. The Morgan fingerprint density at radius 3 is 2.71 bits per heavy atom. The number of carbonyl (C=O) groups excluding carboxylic acids is 1. The lowest BCUT2D eigenvalue weighted by Crippen LogP contribution is -2.45. The van der Waals surface area contributed by atoms with Crippen molar-refractivity contribution in [2.75, 3.05) is 26.2 Å². The van der Waals surface area contributed by atoms with Gasteiger partial charge >= 0.3 is 0 Å². The van der Waals surface area contributed by atoms with Gasteiger partial charge in [0, 0.05) is 19.1 Å². The van der Waals surface area contributed by atoms with Crippen molar-refractivity contribution >= 4 is 5.91 Å². The number of carbonyl (C=O) groups is 1. The van der Waals surface area contributed by atoms with Crippen molar-refractivity contribution in [2.45, 2.75) is 44.6 Å². The summed E-state index contributed by atoms with van der Waals surface area (Å²) in [5.74, 6) is 0.0669. The van der Waals surface area contributed by atoms with Crippen molar-refractivity contribution in [1.29, 1.82) is 0 Å². The standard InChI is InChI=1S/C20H28N2O2/c23-20(18-9-5-15-24-16-18)21-19-10-13-22(14-11-19)12-4-8-17-6-2-1-3-7-17/h1-3,6-7,16,19H,4-5,8-15H2,(H,21,23). The second-order valence-corrected chi connectivity index (χ2v) is 6.80. The maximum Gasteiger partial charge on any atom is 0.250 e. The second-order valence-electron chi connectivity index (χ2n) is 6.80. The zero-order chi connectivity index (χ0) is 16.6. The number of aryl methyl sites for hydroxylation is 1. The van der Waals surface area contributed by atoms with Crippen LogP contribution in [0.4, 0.5) is 0 Å². The monoisotopic (exact) mass is 328 g/mol. The van der Waals surface area contributed by atoms with E-state index in [0.717, 1.165) is 63.9 Å². The number of nitrogens with zero attached hydrogens (tertiary/aromatic N) is 1. The van der Waals surface area contributed by atoms with Crippen LogP contribution >= 0.6 is 0 Å². The van der Waals surface area contributed by atoms with E-state index in [4.69, 9.17) is 4.74 Å². The largest absolute Gasteiger partial charge is 0.501 e. The summed E-state index contributed by atoms with van der Waals surface area (Å²) < 4.78 is 5.26. The average Bonchev–Trinajstić information content (AvgIpc) is 2.65. The summed E-state index contributed by atoms with van der Waals surface area (Å²) in [6.07, 6.45) is 7.86. The molecule has 2 aliphatic rings. The Morgan fingerprint density at radius 2 is 2.00 bits per heavy atom. The summed E-state index contributed by atoms with van der Waals surface area (Å²) in [6, 6.07) is 11.0. The summed E-state index contributed by atoms with van der Waals surface area (Å²) in [5.41, 5.74) is 2.22. The number of rotatable bonds is 6. The van der Waals surface area contributed by atoms with E-state index in [1.807, 2.05) is 0 Å². The van der Waals surface area contributed by atoms with Crippen LogP contribution in [0.25, 0.3) is 0 Å². The van der Waals surface area contributed by atoms with Gasteiger partial charge in [-0.3, -0.25) is 4.79 Å². The van der Waals surface area contributed by atoms with Crippen molar-refractivity contribution < 1.29 is 9.53 Å². The molecule has 2 aliphatic heterocycles. The highest BCUT2D eigenvalue weighted by Gasteiger charge is 2.22. The van der Waals surface area contributed by atoms with E-state index in [2.05, 4.69) is 40.5 Å². The van der Waals surface area contributed by atoms with E-state index in [1.54, 1.807) is 6.26 Å². The molecule has 0 radical (unpaired) electrons. The van der Waals surface area contributed by atoms with Crippen molar-refractivity contribution in [1.82, 2.24) is 10.2 Å². The van der Waals surface area contributed by atoms with E-state index >= 15 is 0 Å². The number of piperidine rings is 1. The average molecular weight is 328 g/mol. The van der Waals surface area contributed by atoms with Gasteiger partial charge in [-0.1, -0.05) is 30.3 Å². The molecule has 0 aromatic heterocycles. The Morgan fingerprint density at radius 1 is 1.21 bits per heavy atom. The molecule has 24 heavy (non-hydrogen) atoms. The molecule has 0 aliphatic carbocycles. The third-order valence-corrected chi connectivity index (χ3v) is 4.93. The number of amides is 1. The lowest BCUT2D eigenvalue weighted by atomic mass is 10.0. The molecular formula is C20H28N2O2. The van der Waals surface area contributed by atoms with Crippen molar-refractivity contribution in [3.8, 4) is 0 Å². The fourth-order valence-electron chi connectivity index (χ4n) is 3.46. The molecule has 0 saturated carbocycles. The second kappa shape index (κ2) is 8.88. The highest BCUT2D eigenvalue weighted by molar-refractivity contribution is 5.93. The van der Waals surface area contributed by atoms with Gasteiger partial charge in [-0.05, 0) is 50.6 Å². The van der Waals surface area contributed by atoms with Crippen LogP contribution in [-0.4, -0.2) is 43.1 Å². The first-order valence-electron chi connectivity index (χ1n) is 9.19. The molecule has 1 saturated heterocycles. The summed E-state index contributed by atoms with van der Waals surface area (Å²) in [4.78, 5) is 14.7. The molecule has 1 fully saturated rings. The first kappa shape index (κ1) is 17.0. The first-order chi connectivity index (χ1) is 11.8. The van der Waals surface area contributed by atoms with E-state index in [9.17, 15) is 4.79 Å². The van der Waals surface area contributed by atoms with E-state index in [-0.39, 0.29) is 5.91 Å². The van der Waals surface area contributed by atoms with Gasteiger partial charge in [0.15, 0.2) is 0 Å². The predicted molar refractivity (Wildman–Crippen MR) is 95.6 cm³/mol. The molecule has 0 atom stereocenters. The lowest BCUT2D eigenvalue weighted by Gasteiger charge is -2.32. The number of likely N-dealkylation sites (tertiary alicyclic amines) is 1. The first-order valence-corrected chi connectivity index (χ1v) is 9.19. The topological polar surface area (TPSA) is 41.6 Å². The Labute approximate surface area is 144 Å². The van der Waals surface area contributed by atoms with Gasteiger partial charge in [0.1, 0.15) is 0 Å². The molecule has 130 valence electrons. The molecule has 1 N–H and O–H groups in total. The third-order valence-electron chi connectivity index (χ3n) is 4.93. The maximum absolute atomic E-state index is 12.2. The Bertz CT molecular complexity index is 548. The molecule has 1 amide bonds. The van der Waals surface area contributed by atoms with Gasteiger partial charge in [0.2, 0.25) is 0 Å². The molecule has 4 nitrogen and oxygen atoms in total. The summed E-state index contributed by atoms with van der Waals surface area (Å²) >= 11 is 0. The normalized spacial score (nSPS) is 19.4. The fourth-order valence-corrected chi connectivity index (χ4v) is 3.46. The molecule has 1 aromatic rings. The zero-order valence-electron chi connectivity index (χ0n) is 14.4. The van der Waals surface area contributed by atoms with Gasteiger partial charge in [-0.2, -0.15) is 0 Å². The number of nitrogens with one attached hydrogen (secondary N) is 1. The zero-order valence-corrected chi connectivity index (χ0v) is 14.4. The van der Waals surface area contributed by atoms with Gasteiger partial charge in [0.25, 0.3) is 5.91 Å². The maximum atomic E-state index is 12.2. The Balaban J connectivity index is 1.33. The minimum Gasteiger partial charge on any atom is -0.501 e. The van der Waals surface area contributed by atoms with Crippen LogP contribution in [0.2, 0.25) is 0 Å². The van der Waals surface area contributed by atoms with Crippen LogP contribution in [0.1, 0.15) is 37.7 Å². The van der Waals surface area contributed by atoms with Crippen LogP contribution in [0.5, 0.6) is 0 Å². The number of hydrogen-bond acceptors (Lipinski definition) is 3. The summed E-state index contributed by atoms with van der Waals surface area (Å²) in [5, 5.41) is 3.18. The predicted octanol–water partition coefficient (Wildman–Crippen LogP) is 2.89. The molecule has 3 rings (SSSR count). The smallest absolute Gasteiger partial charge is 0.250 e.